The van der Waals surface area contributed by atoms with Crippen LogP contribution in [0, 0.1) is 6.92 Å². The second kappa shape index (κ2) is 8.00. The van der Waals surface area contributed by atoms with E-state index in [4.69, 9.17) is 9.15 Å². The summed E-state index contributed by atoms with van der Waals surface area (Å²) in [6.07, 6.45) is 3.17. The predicted octanol–water partition coefficient (Wildman–Crippen LogP) is 4.39. The number of carbonyl (C=O) groups excluding carboxylic acids is 2. The van der Waals surface area contributed by atoms with E-state index in [2.05, 4.69) is 11.6 Å². The number of Topliss-reactive ketones (excluding diaryl/α,β-unsaturated/α-hetero) is 1. The Labute approximate surface area is 176 Å². The third-order valence-corrected chi connectivity index (χ3v) is 5.35. The molecule has 2 aromatic heterocycles. The summed E-state index contributed by atoms with van der Waals surface area (Å²) in [4.78, 5) is 31.7. The number of ether oxygens (including phenoxy) is 1. The van der Waals surface area contributed by atoms with Gasteiger partial charge >= 0.3 is 0 Å². The Kier molecular flexibility index (Phi) is 5.24. The summed E-state index contributed by atoms with van der Waals surface area (Å²) in [6, 6.07) is 9.30. The Morgan fingerprint density at radius 1 is 1.40 bits per heavy atom. The van der Waals surface area contributed by atoms with Gasteiger partial charge in [0.15, 0.2) is 16.7 Å². The highest BCUT2D eigenvalue weighted by atomic mass is 32.1. The van der Waals surface area contributed by atoms with Crippen molar-refractivity contribution in [3.63, 3.8) is 0 Å². The fraction of sp³-hybridized carbons (Fsp3) is 0.136. The van der Waals surface area contributed by atoms with E-state index in [0.29, 0.717) is 28.8 Å². The van der Waals surface area contributed by atoms with Gasteiger partial charge in [-0.05, 0) is 36.8 Å². The molecule has 0 fully saturated rings. The van der Waals surface area contributed by atoms with Crippen molar-refractivity contribution >= 4 is 28.2 Å². The summed E-state index contributed by atoms with van der Waals surface area (Å²) in [5.74, 6) is -0.727. The van der Waals surface area contributed by atoms with Gasteiger partial charge in [0, 0.05) is 11.6 Å². The van der Waals surface area contributed by atoms with E-state index in [1.54, 1.807) is 54.9 Å². The summed E-state index contributed by atoms with van der Waals surface area (Å²) in [5.41, 5.74) is 0.529. The lowest BCUT2D eigenvalue weighted by Crippen LogP contribution is -2.30. The van der Waals surface area contributed by atoms with Crippen LogP contribution in [0.5, 0.6) is 5.75 Å². The molecule has 152 valence electrons. The van der Waals surface area contributed by atoms with Gasteiger partial charge in [0.05, 0.1) is 11.6 Å². The Balaban J connectivity index is 1.84. The average molecular weight is 422 g/mol. The number of thiazole rings is 1. The lowest BCUT2D eigenvalue weighted by atomic mass is 9.95. The van der Waals surface area contributed by atoms with Crippen LogP contribution in [0.25, 0.3) is 0 Å². The maximum Gasteiger partial charge on any atom is 0.296 e. The maximum atomic E-state index is 13.2. The number of ketones is 1. The highest BCUT2D eigenvalue weighted by Crippen LogP contribution is 2.43. The fourth-order valence-corrected chi connectivity index (χ4v) is 3.97. The van der Waals surface area contributed by atoms with E-state index in [1.165, 1.54) is 22.3 Å². The number of aliphatic hydroxyl groups is 1. The molecule has 0 unspecified atom stereocenters. The van der Waals surface area contributed by atoms with E-state index in [1.807, 2.05) is 0 Å². The van der Waals surface area contributed by atoms with Crippen molar-refractivity contribution in [2.45, 2.75) is 13.0 Å². The summed E-state index contributed by atoms with van der Waals surface area (Å²) in [7, 11) is 0. The van der Waals surface area contributed by atoms with Crippen molar-refractivity contribution in [2.75, 3.05) is 11.5 Å². The molecular weight excluding hydrogens is 404 g/mol. The second-order valence-electron chi connectivity index (χ2n) is 6.57. The van der Waals surface area contributed by atoms with E-state index in [0.717, 1.165) is 0 Å². The number of rotatable bonds is 7. The molecule has 1 aliphatic rings. The number of anilines is 1. The molecule has 4 rings (SSSR count). The van der Waals surface area contributed by atoms with E-state index in [9.17, 15) is 14.7 Å². The highest BCUT2D eigenvalue weighted by molar-refractivity contribution is 7.13. The van der Waals surface area contributed by atoms with Crippen LogP contribution in [-0.4, -0.2) is 28.4 Å². The first-order valence-corrected chi connectivity index (χ1v) is 10.00. The van der Waals surface area contributed by atoms with Crippen molar-refractivity contribution in [3.05, 3.63) is 89.0 Å². The number of benzene rings is 1. The third-order valence-electron chi connectivity index (χ3n) is 4.58. The number of hydrogen-bond acceptors (Lipinski definition) is 7. The summed E-state index contributed by atoms with van der Waals surface area (Å²) >= 11 is 1.23. The van der Waals surface area contributed by atoms with Gasteiger partial charge in [-0.1, -0.05) is 24.8 Å². The van der Waals surface area contributed by atoms with Crippen LogP contribution in [0.4, 0.5) is 5.13 Å². The van der Waals surface area contributed by atoms with Gasteiger partial charge in [-0.3, -0.25) is 14.5 Å². The molecule has 0 radical (unpaired) electrons. The summed E-state index contributed by atoms with van der Waals surface area (Å²) in [5, 5.41) is 12.8. The van der Waals surface area contributed by atoms with Gasteiger partial charge in [0.25, 0.3) is 5.91 Å². The van der Waals surface area contributed by atoms with Crippen LogP contribution >= 0.6 is 11.3 Å². The highest BCUT2D eigenvalue weighted by Gasteiger charge is 2.46. The third kappa shape index (κ3) is 3.42. The number of furan rings is 1. The van der Waals surface area contributed by atoms with Gasteiger partial charge in [-0.25, -0.2) is 4.98 Å². The SMILES string of the molecule is C=CCOc1cccc([C@@H]2C(C(=O)c3ccc(C)o3)=C(O)C(=O)N2c2nccs2)c1. The molecule has 1 N–H and O–H groups in total. The minimum atomic E-state index is -0.881. The second-order valence-corrected chi connectivity index (χ2v) is 7.44. The number of amides is 1. The molecule has 0 spiro atoms. The lowest BCUT2D eigenvalue weighted by Gasteiger charge is -2.24. The number of aromatic nitrogens is 1. The van der Waals surface area contributed by atoms with Gasteiger partial charge in [-0.2, -0.15) is 0 Å². The number of aliphatic hydroxyl groups excluding tert-OH is 1. The molecule has 1 aromatic carbocycles. The van der Waals surface area contributed by atoms with Crippen molar-refractivity contribution in [2.24, 2.45) is 0 Å². The zero-order valence-electron chi connectivity index (χ0n) is 16.1. The number of hydrogen-bond donors (Lipinski definition) is 1. The van der Waals surface area contributed by atoms with E-state index < -0.39 is 23.5 Å². The molecule has 0 bridgehead atoms. The monoisotopic (exact) mass is 422 g/mol. The van der Waals surface area contributed by atoms with Crippen molar-refractivity contribution < 1.29 is 23.8 Å². The Hall–Kier alpha value is -3.65. The van der Waals surface area contributed by atoms with Crippen LogP contribution in [0.3, 0.4) is 0 Å². The number of aryl methyl sites for hydroxylation is 1. The normalized spacial score (nSPS) is 16.2. The standard InChI is InChI=1S/C22H18N2O5S/c1-3-10-28-15-6-4-5-14(12-15)18-17(19(25)16-8-7-13(2)29-16)20(26)21(27)24(18)22-23-9-11-30-22/h3-9,11-12,18,26H,1,10H2,2H3/t18-/m1/s1. The van der Waals surface area contributed by atoms with Crippen molar-refractivity contribution in [1.29, 1.82) is 0 Å². The first-order valence-electron chi connectivity index (χ1n) is 9.12. The summed E-state index contributed by atoms with van der Waals surface area (Å²) < 4.78 is 11.1. The van der Waals surface area contributed by atoms with Crippen LogP contribution in [0.15, 0.2) is 76.4 Å². The zero-order chi connectivity index (χ0) is 21.3. The molecule has 3 aromatic rings. The van der Waals surface area contributed by atoms with Gasteiger partial charge in [0.1, 0.15) is 18.1 Å². The molecule has 1 aliphatic heterocycles. The van der Waals surface area contributed by atoms with Gasteiger partial charge in [0.2, 0.25) is 5.78 Å². The van der Waals surface area contributed by atoms with E-state index in [-0.39, 0.29) is 11.3 Å². The molecule has 3 heterocycles. The number of nitrogens with zero attached hydrogens (tertiary/aromatic N) is 2. The first kappa shape index (κ1) is 19.7. The molecule has 0 saturated heterocycles. The fourth-order valence-electron chi connectivity index (χ4n) is 3.30. The quantitative estimate of drug-likeness (QED) is 0.448. The molecule has 1 atom stereocenters. The molecular formula is C22H18N2O5S. The lowest BCUT2D eigenvalue weighted by molar-refractivity contribution is -0.117. The molecule has 30 heavy (non-hydrogen) atoms. The molecule has 1 amide bonds. The van der Waals surface area contributed by atoms with Gasteiger partial charge in [-0.15, -0.1) is 11.3 Å². The molecule has 0 aliphatic carbocycles. The van der Waals surface area contributed by atoms with Crippen LogP contribution in [-0.2, 0) is 4.79 Å². The molecule has 0 saturated carbocycles. The van der Waals surface area contributed by atoms with Crippen molar-refractivity contribution in [3.8, 4) is 5.75 Å². The predicted molar refractivity (Wildman–Crippen MR) is 112 cm³/mol. The molecule has 8 heteroatoms. The topological polar surface area (TPSA) is 92.9 Å². The maximum absolute atomic E-state index is 13.2. The minimum absolute atomic E-state index is 0.0481. The first-order chi connectivity index (χ1) is 14.5. The zero-order valence-corrected chi connectivity index (χ0v) is 16.9. The average Bonchev–Trinajstić information content (AvgIpc) is 3.47. The van der Waals surface area contributed by atoms with Crippen LogP contribution in [0.1, 0.15) is 27.9 Å². The van der Waals surface area contributed by atoms with Gasteiger partial charge < -0.3 is 14.3 Å². The smallest absolute Gasteiger partial charge is 0.296 e. The van der Waals surface area contributed by atoms with Crippen LogP contribution < -0.4 is 9.64 Å². The number of carbonyl (C=O) groups is 2. The Morgan fingerprint density at radius 2 is 2.23 bits per heavy atom. The minimum Gasteiger partial charge on any atom is -0.503 e. The summed E-state index contributed by atoms with van der Waals surface area (Å²) in [6.45, 7) is 5.65. The molecule has 7 nitrogen and oxygen atoms in total. The largest absolute Gasteiger partial charge is 0.503 e. The van der Waals surface area contributed by atoms with Crippen molar-refractivity contribution in [1.82, 2.24) is 4.98 Å². The van der Waals surface area contributed by atoms with E-state index >= 15 is 0 Å². The van der Waals surface area contributed by atoms with Crippen LogP contribution in [0.2, 0.25) is 0 Å². The Bertz CT molecular complexity index is 1150. The Morgan fingerprint density at radius 3 is 2.90 bits per heavy atom.